The van der Waals surface area contributed by atoms with Crippen molar-refractivity contribution in [3.05, 3.63) is 70.5 Å². The number of nitrogens with zero attached hydrogens (tertiary/aromatic N) is 1. The maximum absolute atomic E-state index is 13.9. The number of hydrogen-bond acceptors (Lipinski definition) is 3. The lowest BCUT2D eigenvalue weighted by molar-refractivity contribution is 0.0162. The Kier molecular flexibility index (Phi) is 6.70. The number of ether oxygens (including phenoxy) is 1. The van der Waals surface area contributed by atoms with Crippen LogP contribution >= 0.6 is 0 Å². The minimum absolute atomic E-state index is 0.132. The van der Waals surface area contributed by atoms with E-state index >= 15 is 0 Å². The Bertz CT molecular complexity index is 821. The molecule has 0 saturated carbocycles. The van der Waals surface area contributed by atoms with E-state index in [-0.39, 0.29) is 12.6 Å². The maximum Gasteiger partial charge on any atom is 0.254 e. The monoisotopic (exact) mass is 392 g/mol. The lowest BCUT2D eigenvalue weighted by Crippen LogP contribution is -2.44. The molecule has 1 aliphatic heterocycles. The second kappa shape index (κ2) is 9.21. The number of halogens is 3. The quantitative estimate of drug-likeness (QED) is 0.766. The zero-order chi connectivity index (χ0) is 20.1. The third-order valence-electron chi connectivity index (χ3n) is 4.99. The van der Waals surface area contributed by atoms with Crippen LogP contribution in [0.15, 0.2) is 36.4 Å². The van der Waals surface area contributed by atoms with Crippen LogP contribution in [0.25, 0.3) is 0 Å². The van der Waals surface area contributed by atoms with Crippen molar-refractivity contribution in [3.8, 4) is 0 Å². The van der Waals surface area contributed by atoms with Gasteiger partial charge in [-0.25, -0.2) is 13.2 Å². The highest BCUT2D eigenvalue weighted by Gasteiger charge is 2.25. The Balaban J connectivity index is 1.77. The Morgan fingerprint density at radius 3 is 2.39 bits per heavy atom. The topological polar surface area (TPSA) is 41.6 Å². The van der Waals surface area contributed by atoms with E-state index in [0.717, 1.165) is 24.1 Å². The number of amides is 1. The highest BCUT2D eigenvalue weighted by molar-refractivity contribution is 5.94. The molecular formula is C21H23F3N2O2. The smallest absolute Gasteiger partial charge is 0.254 e. The van der Waals surface area contributed by atoms with Crippen LogP contribution in [0.5, 0.6) is 0 Å². The molecule has 3 rings (SSSR count). The van der Waals surface area contributed by atoms with E-state index in [1.165, 1.54) is 5.56 Å². The van der Waals surface area contributed by atoms with Gasteiger partial charge in [-0.1, -0.05) is 31.2 Å². The van der Waals surface area contributed by atoms with Crippen molar-refractivity contribution in [3.63, 3.8) is 0 Å². The summed E-state index contributed by atoms with van der Waals surface area (Å²) in [4.78, 5) is 14.6. The van der Waals surface area contributed by atoms with E-state index in [9.17, 15) is 18.0 Å². The number of carbonyl (C=O) groups is 1. The van der Waals surface area contributed by atoms with Crippen molar-refractivity contribution < 1.29 is 22.7 Å². The lowest BCUT2D eigenvalue weighted by Gasteiger charge is -2.35. The first-order chi connectivity index (χ1) is 13.5. The van der Waals surface area contributed by atoms with Crippen molar-refractivity contribution in [2.24, 2.45) is 0 Å². The van der Waals surface area contributed by atoms with Crippen LogP contribution in [0.4, 0.5) is 13.2 Å². The number of aryl methyl sites for hydroxylation is 1. The van der Waals surface area contributed by atoms with Gasteiger partial charge in [0.25, 0.3) is 5.91 Å². The normalized spacial score (nSPS) is 16.0. The average Bonchev–Trinajstić information content (AvgIpc) is 2.73. The predicted molar refractivity (Wildman–Crippen MR) is 99.6 cm³/mol. The van der Waals surface area contributed by atoms with Crippen LogP contribution < -0.4 is 5.32 Å². The molecule has 1 amide bonds. The molecule has 0 bridgehead atoms. The first kappa shape index (κ1) is 20.4. The van der Waals surface area contributed by atoms with Crippen LogP contribution in [-0.2, 0) is 11.2 Å². The van der Waals surface area contributed by atoms with Gasteiger partial charge in [0, 0.05) is 19.6 Å². The first-order valence-corrected chi connectivity index (χ1v) is 9.33. The van der Waals surface area contributed by atoms with Crippen molar-refractivity contribution in [2.75, 3.05) is 32.8 Å². The fraction of sp³-hybridized carbons (Fsp3) is 0.381. The minimum Gasteiger partial charge on any atom is -0.379 e. The van der Waals surface area contributed by atoms with Gasteiger partial charge >= 0.3 is 0 Å². The van der Waals surface area contributed by atoms with Gasteiger partial charge in [-0.3, -0.25) is 9.69 Å². The third-order valence-corrected chi connectivity index (χ3v) is 4.99. The van der Waals surface area contributed by atoms with Crippen molar-refractivity contribution >= 4 is 5.91 Å². The molecule has 28 heavy (non-hydrogen) atoms. The van der Waals surface area contributed by atoms with Crippen LogP contribution in [-0.4, -0.2) is 43.7 Å². The van der Waals surface area contributed by atoms with Gasteiger partial charge in [0.1, 0.15) is 0 Å². The van der Waals surface area contributed by atoms with E-state index in [1.807, 2.05) is 24.3 Å². The van der Waals surface area contributed by atoms with E-state index in [1.54, 1.807) is 0 Å². The molecule has 1 heterocycles. The number of carbonyl (C=O) groups excluding carboxylic acids is 1. The summed E-state index contributed by atoms with van der Waals surface area (Å²) in [6.45, 7) is 4.88. The highest BCUT2D eigenvalue weighted by Crippen LogP contribution is 2.23. The number of nitrogens with one attached hydrogen (secondary N) is 1. The second-order valence-electron chi connectivity index (χ2n) is 6.69. The van der Waals surface area contributed by atoms with Crippen LogP contribution in [0.3, 0.4) is 0 Å². The van der Waals surface area contributed by atoms with Crippen molar-refractivity contribution in [1.29, 1.82) is 0 Å². The summed E-state index contributed by atoms with van der Waals surface area (Å²) in [7, 11) is 0. The molecule has 0 aromatic heterocycles. The number of morpholine rings is 1. The molecule has 0 spiro atoms. The third kappa shape index (κ3) is 4.54. The van der Waals surface area contributed by atoms with Crippen molar-refractivity contribution in [2.45, 2.75) is 19.4 Å². The van der Waals surface area contributed by atoms with Crippen molar-refractivity contribution in [1.82, 2.24) is 10.2 Å². The van der Waals surface area contributed by atoms with E-state index in [2.05, 4.69) is 17.1 Å². The zero-order valence-electron chi connectivity index (χ0n) is 15.7. The fourth-order valence-corrected chi connectivity index (χ4v) is 3.31. The largest absolute Gasteiger partial charge is 0.379 e. The molecule has 1 saturated heterocycles. The van der Waals surface area contributed by atoms with Crippen LogP contribution in [0.1, 0.15) is 34.5 Å². The molecule has 2 aromatic carbocycles. The average molecular weight is 392 g/mol. The van der Waals surface area contributed by atoms with Gasteiger partial charge in [0.15, 0.2) is 17.5 Å². The molecule has 1 aliphatic rings. The van der Waals surface area contributed by atoms with Gasteiger partial charge in [0.2, 0.25) is 0 Å². The van der Waals surface area contributed by atoms with E-state index in [0.29, 0.717) is 26.3 Å². The minimum atomic E-state index is -1.65. The predicted octanol–water partition coefficient (Wildman–Crippen LogP) is 3.47. The Labute approximate surface area is 162 Å². The summed E-state index contributed by atoms with van der Waals surface area (Å²) in [5.74, 6) is -5.23. The van der Waals surface area contributed by atoms with Gasteiger partial charge < -0.3 is 10.1 Å². The zero-order valence-corrected chi connectivity index (χ0v) is 15.7. The molecule has 150 valence electrons. The molecule has 1 fully saturated rings. The lowest BCUT2D eigenvalue weighted by atomic mass is 10.0. The number of rotatable bonds is 6. The highest BCUT2D eigenvalue weighted by atomic mass is 19.2. The summed E-state index contributed by atoms with van der Waals surface area (Å²) in [5, 5.41) is 2.66. The fourth-order valence-electron chi connectivity index (χ4n) is 3.31. The number of benzene rings is 2. The number of hydrogen-bond donors (Lipinski definition) is 1. The van der Waals surface area contributed by atoms with Crippen LogP contribution in [0, 0.1) is 17.5 Å². The standard InChI is InChI=1S/C21H23F3N2O2/c1-2-14-3-5-15(6-4-14)18(26-9-11-28-12-10-26)13-25-21(27)16-7-8-17(22)20(24)19(16)23/h3-8,18H,2,9-13H2,1H3,(H,25,27). The first-order valence-electron chi connectivity index (χ1n) is 9.33. The molecule has 7 heteroatoms. The van der Waals surface area contributed by atoms with Gasteiger partial charge in [0.05, 0.1) is 24.8 Å². The molecule has 2 aromatic rings. The van der Waals surface area contributed by atoms with E-state index < -0.39 is 28.9 Å². The Hall–Kier alpha value is -2.38. The van der Waals surface area contributed by atoms with Gasteiger partial charge in [-0.2, -0.15) is 0 Å². The Morgan fingerprint density at radius 2 is 1.75 bits per heavy atom. The summed E-state index contributed by atoms with van der Waals surface area (Å²) < 4.78 is 45.8. The Morgan fingerprint density at radius 1 is 1.07 bits per heavy atom. The molecule has 1 atom stereocenters. The molecule has 0 radical (unpaired) electrons. The summed E-state index contributed by atoms with van der Waals surface area (Å²) in [5.41, 5.74) is 1.71. The molecule has 1 unspecified atom stereocenters. The molecule has 0 aliphatic carbocycles. The summed E-state index contributed by atoms with van der Waals surface area (Å²) in [6, 6.07) is 9.68. The van der Waals surface area contributed by atoms with Gasteiger partial charge in [-0.15, -0.1) is 0 Å². The summed E-state index contributed by atoms with van der Waals surface area (Å²) in [6.07, 6.45) is 0.925. The maximum atomic E-state index is 13.9. The van der Waals surface area contributed by atoms with E-state index in [4.69, 9.17) is 4.74 Å². The molecule has 1 N–H and O–H groups in total. The summed E-state index contributed by atoms with van der Waals surface area (Å²) >= 11 is 0. The van der Waals surface area contributed by atoms with Gasteiger partial charge in [-0.05, 0) is 29.7 Å². The van der Waals surface area contributed by atoms with Crippen LogP contribution in [0.2, 0.25) is 0 Å². The second-order valence-corrected chi connectivity index (χ2v) is 6.69. The molecule has 4 nitrogen and oxygen atoms in total. The SMILES string of the molecule is CCc1ccc(C(CNC(=O)c2ccc(F)c(F)c2F)N2CCOCC2)cc1. The molecular weight excluding hydrogens is 369 g/mol.